The lowest BCUT2D eigenvalue weighted by atomic mass is 9.74. The lowest BCUT2D eigenvalue weighted by Gasteiger charge is -2.35. The Morgan fingerprint density at radius 1 is 0.574 bits per heavy atom. The molecule has 101 heavy (non-hydrogen) atoms. The molecule has 0 aliphatic carbocycles. The minimum atomic E-state index is -4.64. The summed E-state index contributed by atoms with van der Waals surface area (Å²) >= 11 is 0. The van der Waals surface area contributed by atoms with Crippen molar-refractivity contribution in [2.45, 2.75) is 233 Å². The summed E-state index contributed by atoms with van der Waals surface area (Å²) in [6.45, 7) is 29.8. The number of aliphatic imine (C=N–C) groups is 1. The minimum absolute atomic E-state index is 0. The number of carbonyl (C=O) groups is 9. The lowest BCUT2D eigenvalue weighted by Crippen LogP contribution is -2.48. The summed E-state index contributed by atoms with van der Waals surface area (Å²) < 4.78 is 52.7. The Hall–Kier alpha value is -7.29. The van der Waals surface area contributed by atoms with Gasteiger partial charge in [0.05, 0.1) is 0 Å². The fourth-order valence-corrected chi connectivity index (χ4v) is 11.8. The number of ether oxygens (including phenoxy) is 4. The van der Waals surface area contributed by atoms with E-state index in [-0.39, 0.29) is 92.2 Å². The first-order chi connectivity index (χ1) is 45.5. The highest BCUT2D eigenvalue weighted by molar-refractivity contribution is 7.59. The van der Waals surface area contributed by atoms with Gasteiger partial charge < -0.3 is 54.5 Å². The highest BCUT2D eigenvalue weighted by Gasteiger charge is 2.39. The maximum Gasteiger partial charge on any atom is 0.446 e. The predicted molar refractivity (Wildman–Crippen MR) is 396 cm³/mol. The first-order valence-electron chi connectivity index (χ1n) is 33.4. The van der Waals surface area contributed by atoms with Crippen LogP contribution in [0.25, 0.3) is 0 Å². The normalized spacial score (nSPS) is 19.3. The van der Waals surface area contributed by atoms with Crippen LogP contribution in [-0.4, -0.2) is 161 Å². The molecule has 0 saturated carbocycles. The van der Waals surface area contributed by atoms with Gasteiger partial charge in [-0.1, -0.05) is 98.7 Å². The summed E-state index contributed by atoms with van der Waals surface area (Å²) in [5, 5.41) is 23.9. The van der Waals surface area contributed by atoms with Crippen molar-refractivity contribution in [2.75, 3.05) is 40.8 Å². The van der Waals surface area contributed by atoms with Crippen molar-refractivity contribution in [2.24, 2.45) is 22.7 Å². The molecule has 3 heterocycles. The van der Waals surface area contributed by atoms with Gasteiger partial charge in [0.2, 0.25) is 30.1 Å². The molecule has 0 radical (unpaired) electrons. The van der Waals surface area contributed by atoms with Crippen LogP contribution in [0.5, 0.6) is 17.2 Å². The number of alkyl halides is 3. The van der Waals surface area contributed by atoms with E-state index in [0.717, 1.165) is 81.0 Å². The molecule has 3 aliphatic heterocycles. The number of phenols is 1. The molecule has 5 amide bonds. The van der Waals surface area contributed by atoms with Crippen molar-refractivity contribution < 1.29 is 90.3 Å². The molecule has 3 saturated heterocycles. The van der Waals surface area contributed by atoms with Gasteiger partial charge in [0, 0.05) is 76.3 Å². The largest absolute Gasteiger partial charge is 0.508 e. The second-order valence-electron chi connectivity index (χ2n) is 28.3. The summed E-state index contributed by atoms with van der Waals surface area (Å²) in [5.74, 6) is -0.960. The van der Waals surface area contributed by atoms with Crippen molar-refractivity contribution in [1.82, 2.24) is 25.3 Å². The third kappa shape index (κ3) is 32.3. The summed E-state index contributed by atoms with van der Waals surface area (Å²) in [4.78, 5) is 124. The van der Waals surface area contributed by atoms with Crippen LogP contribution in [0.15, 0.2) is 77.8 Å². The van der Waals surface area contributed by atoms with Crippen LogP contribution in [0.2, 0.25) is 0 Å². The van der Waals surface area contributed by atoms with Gasteiger partial charge in [0.25, 0.3) is 0 Å². The Labute approximate surface area is 616 Å². The molecule has 570 valence electrons. The van der Waals surface area contributed by atoms with Crippen LogP contribution in [0.3, 0.4) is 0 Å². The van der Waals surface area contributed by atoms with E-state index in [1.807, 2.05) is 88.4 Å². The smallest absolute Gasteiger partial charge is 0.446 e. The summed E-state index contributed by atoms with van der Waals surface area (Å²) in [6, 6.07) is 19.7. The molecule has 6 atom stereocenters. The number of hydrogen-bond donors (Lipinski definition) is 4. The second kappa shape index (κ2) is 43.6. The number of nitrogens with one attached hydrogen (secondary N) is 2. The van der Waals surface area contributed by atoms with Gasteiger partial charge in [-0.25, -0.2) is 28.8 Å². The number of carboxylic acid groups (broad SMARTS) is 1. The Morgan fingerprint density at radius 3 is 1.19 bits per heavy atom. The van der Waals surface area contributed by atoms with Crippen molar-refractivity contribution >= 4 is 101 Å². The first kappa shape index (κ1) is 95.8. The average Bonchev–Trinajstić information content (AvgIpc) is 1.80. The number of rotatable bonds is 17. The Kier molecular flexibility index (Phi) is 41.4. The van der Waals surface area contributed by atoms with Crippen LogP contribution in [-0.2, 0) is 64.1 Å². The summed E-state index contributed by atoms with van der Waals surface area (Å²) in [7, 11) is 5.54. The molecule has 3 aromatic rings. The van der Waals surface area contributed by atoms with Crippen LogP contribution >= 0.6 is 40.5 Å². The number of aliphatic carboxylic acids is 1. The average molecular weight is 1480 g/mol. The van der Waals surface area contributed by atoms with Crippen molar-refractivity contribution in [3.05, 3.63) is 89.5 Å². The number of isocyanates is 1. The number of aromatic hydroxyl groups is 1. The number of esters is 2. The standard InChI is InChI=1S/C25H38N2O5.C21H30N2O5.C15H21NO2.C10H17NO3.C2HF3O.3H2S/c1-8-25(14-10-13-20(28)27(7)16-25)18-11-9-12-19(15-18)31-23(30)26-21(17(2)3)22(29)32-24(4,5)6;1-5-21(11-7-10-17(24)23(4)13-21)15-8-6-9-16(12-15)28-20(27)22-18(14(2)3)19(25)26;1-3-15(12-6-4-7-13(17)10-12)9-5-8-14(18)16(2)11-15;1-7(2)8(11-6-12)9(13)14-10(3,4)5;3-2(4,5)1-6;;;/h9,11-12,15,17,21H,8,10,13-14,16H2,1-7H3,(H,26,30);6,8-9,12,14,18H,5,7,10-11,13H2,1-4H3,(H,22,27)(H,25,26);4,6-7,10,17H,3,5,8-9,11H2,1-2H3;7-8H,1-5H3;1H;3*1H2. The van der Waals surface area contributed by atoms with Crippen LogP contribution < -0.4 is 20.1 Å². The summed E-state index contributed by atoms with van der Waals surface area (Å²) in [6.07, 6.45) is 3.97. The Bertz CT molecular complexity index is 3210. The fourth-order valence-electron chi connectivity index (χ4n) is 11.8. The number of benzene rings is 3. The van der Waals surface area contributed by atoms with E-state index in [2.05, 4.69) is 42.5 Å². The fraction of sp³-hybridized carbons (Fsp3) is 0.616. The van der Waals surface area contributed by atoms with Crippen LogP contribution in [0.4, 0.5) is 22.8 Å². The number of amides is 5. The highest BCUT2D eigenvalue weighted by Crippen LogP contribution is 2.41. The second-order valence-corrected chi connectivity index (χ2v) is 28.3. The predicted octanol–water partition coefficient (Wildman–Crippen LogP) is 13.1. The molecule has 4 N–H and O–H groups in total. The molecule has 28 heteroatoms. The number of nitrogens with zero attached hydrogens (tertiary/aromatic N) is 4. The third-order valence-electron chi connectivity index (χ3n) is 17.2. The molecular weight excluding hydrogens is 1370 g/mol. The molecule has 0 spiro atoms. The minimum Gasteiger partial charge on any atom is -0.508 e. The van der Waals surface area contributed by atoms with Crippen LogP contribution in [0, 0.1) is 17.8 Å². The zero-order chi connectivity index (χ0) is 74.7. The summed E-state index contributed by atoms with van der Waals surface area (Å²) in [5.41, 5.74) is 1.60. The Balaban J connectivity index is 0. The third-order valence-corrected chi connectivity index (χ3v) is 17.2. The van der Waals surface area contributed by atoms with E-state index >= 15 is 0 Å². The van der Waals surface area contributed by atoms with Gasteiger partial charge in [-0.2, -0.15) is 58.7 Å². The van der Waals surface area contributed by atoms with Crippen molar-refractivity contribution in [3.63, 3.8) is 0 Å². The van der Waals surface area contributed by atoms with Crippen LogP contribution in [0.1, 0.15) is 198 Å². The number of hydrogen-bond acceptors (Lipinski definition) is 16. The van der Waals surface area contributed by atoms with E-state index in [0.29, 0.717) is 49.6 Å². The Morgan fingerprint density at radius 2 is 0.901 bits per heavy atom. The van der Waals surface area contributed by atoms with Gasteiger partial charge in [-0.15, -0.1) is 0 Å². The van der Waals surface area contributed by atoms with E-state index in [1.165, 1.54) is 6.08 Å². The monoisotopic (exact) mass is 1480 g/mol. The SMILES string of the molecule is CC(C)C(N=C=O)C(=O)OC(C)(C)C.CCC1(c2cccc(O)c2)CCCC(=O)N(C)C1.CCC1(c2cccc(OC(=O)NC(C(=O)O)C(C)C)c2)CCCC(=O)N(C)C1.CCC1(c2cccc(OC(=O)NC(C(=O)OC(C)(C)C)C(C)C)c2)CCCC(=O)N(C)C1.O=CC(F)(F)F.S.S.S. The van der Waals surface area contributed by atoms with Gasteiger partial charge in [-0.3, -0.25) is 19.2 Å². The number of carbonyl (C=O) groups excluding carboxylic acids is 9. The maximum atomic E-state index is 12.6. The van der Waals surface area contributed by atoms with Crippen molar-refractivity contribution in [1.29, 1.82) is 0 Å². The number of phenolic OH excluding ortho intramolecular Hbond substituents is 1. The molecule has 6 unspecified atom stereocenters. The molecule has 3 aromatic carbocycles. The molecule has 0 bridgehead atoms. The number of halogens is 3. The topological polar surface area (TPSA) is 294 Å². The van der Waals surface area contributed by atoms with Gasteiger partial charge in [0.1, 0.15) is 40.5 Å². The zero-order valence-corrected chi connectivity index (χ0v) is 65.1. The van der Waals surface area contributed by atoms with E-state index in [1.54, 1.807) is 97.2 Å². The molecule has 0 aromatic heterocycles. The molecular formula is C73H113F3N6O16S3. The molecule has 22 nitrogen and oxygen atoms in total. The van der Waals surface area contributed by atoms with E-state index in [9.17, 15) is 66.5 Å². The van der Waals surface area contributed by atoms with Gasteiger partial charge in [-0.05, 0) is 170 Å². The number of likely N-dealkylation sites (tertiary alicyclic amines) is 3. The quantitative estimate of drug-likeness (QED) is 0.0423. The van der Waals surface area contributed by atoms with Crippen molar-refractivity contribution in [3.8, 4) is 17.2 Å². The molecule has 6 rings (SSSR count). The highest BCUT2D eigenvalue weighted by atomic mass is 32.1. The molecule has 3 aliphatic rings. The number of aldehydes is 1. The zero-order valence-electron chi connectivity index (χ0n) is 62.1. The van der Waals surface area contributed by atoms with Gasteiger partial charge in [0.15, 0.2) is 6.04 Å². The van der Waals surface area contributed by atoms with E-state index < -0.39 is 71.9 Å². The molecule has 3 fully saturated rings. The van der Waals surface area contributed by atoms with E-state index in [4.69, 9.17) is 23.7 Å². The van der Waals surface area contributed by atoms with Gasteiger partial charge >= 0.3 is 36.3 Å². The maximum absolute atomic E-state index is 12.6. The number of carboxylic acids is 1. The first-order valence-corrected chi connectivity index (χ1v) is 33.4. The lowest BCUT2D eigenvalue weighted by molar-refractivity contribution is -0.159. The number of likely N-dealkylation sites (N-methyl/N-ethyl adjacent to an activating group) is 3.